The molecule has 7 atom stereocenters. The molecule has 0 spiro atoms. The van der Waals surface area contributed by atoms with Gasteiger partial charge >= 0.3 is 5.97 Å². The zero-order chi connectivity index (χ0) is 67.6. The Hall–Kier alpha value is -11.1. The van der Waals surface area contributed by atoms with Crippen molar-refractivity contribution in [1.82, 2.24) is 41.8 Å². The van der Waals surface area contributed by atoms with Gasteiger partial charge in [0, 0.05) is 49.1 Å². The summed E-state index contributed by atoms with van der Waals surface area (Å²) in [4.78, 5) is 110. The number of likely N-dealkylation sites (N-methyl/N-ethyl adjacent to an activating group) is 1. The predicted molar refractivity (Wildman–Crippen MR) is 337 cm³/mol. The van der Waals surface area contributed by atoms with E-state index in [1.807, 2.05) is 0 Å². The molecule has 6 amide bonds. The number of hydrogen-bond acceptors (Lipinski definition) is 19. The Labute approximate surface area is 540 Å². The SMILES string of the molecule is CN1C(=O)[C@@H]2NC(=O)[C@@H]3NC(=O)[C@@H](c4ccc(O)cc4)NC(=O)[C@H](NC(=O)C(NCCS(=O)(=O)O)c4ccc(O)cc4)Cc4c[nH]c5cc(ccc45)-c4cc3cc(c4O)Oc3ccc(cc3)C[C@H]1C(=O)N[C@@H](C(=O)OCCS(=O)(=O)O)c1ccc(O)c(c1)Oc1ccc2cc1. The second-order valence-corrected chi connectivity index (χ2v) is 25.8. The lowest BCUT2D eigenvalue weighted by Gasteiger charge is -2.33. The van der Waals surface area contributed by atoms with Crippen LogP contribution in [0.1, 0.15) is 69.2 Å². The van der Waals surface area contributed by atoms with Gasteiger partial charge in [-0.1, -0.05) is 66.7 Å². The molecule has 28 nitrogen and oxygen atoms in total. The number of aromatic nitrogens is 1. The molecule has 7 heterocycles. The van der Waals surface area contributed by atoms with E-state index < -0.39 is 140 Å². The van der Waals surface area contributed by atoms with Gasteiger partial charge in [-0.05, 0) is 123 Å². The van der Waals surface area contributed by atoms with Gasteiger partial charge in [0.25, 0.3) is 20.2 Å². The van der Waals surface area contributed by atoms with E-state index >= 15 is 24.0 Å². The second-order valence-electron chi connectivity index (χ2n) is 22.6. The topological polar surface area (TPSA) is 428 Å². The normalized spacial score (nSPS) is 19.6. The zero-order valence-electron chi connectivity index (χ0n) is 49.9. The van der Waals surface area contributed by atoms with Crippen LogP contribution < -0.4 is 41.4 Å². The van der Waals surface area contributed by atoms with Crippen LogP contribution in [0.15, 0.2) is 152 Å². The third-order valence-electron chi connectivity index (χ3n) is 16.2. The number of H-pyrrole nitrogens is 1. The molecular formula is C65H60N8O20S2. The summed E-state index contributed by atoms with van der Waals surface area (Å²) in [6, 6.07) is 21.2. The summed E-state index contributed by atoms with van der Waals surface area (Å²) in [6.07, 6.45) is 0.972. The average molecular weight is 1340 g/mol. The molecule has 492 valence electrons. The maximum atomic E-state index is 15.9. The fourth-order valence-corrected chi connectivity index (χ4v) is 11.9. The Morgan fingerprint density at radius 2 is 1.20 bits per heavy atom. The molecule has 14 rings (SSSR count). The smallest absolute Gasteiger partial charge is 0.333 e. The minimum absolute atomic E-state index is 0.0127. The molecule has 0 aliphatic carbocycles. The van der Waals surface area contributed by atoms with Gasteiger partial charge in [-0.15, -0.1) is 0 Å². The van der Waals surface area contributed by atoms with E-state index in [1.165, 1.54) is 116 Å². The Bertz CT molecular complexity index is 4570. The van der Waals surface area contributed by atoms with E-state index in [1.54, 1.807) is 36.5 Å². The molecule has 95 heavy (non-hydrogen) atoms. The first-order chi connectivity index (χ1) is 45.2. The molecular weight excluding hydrogens is 1280 g/mol. The fourth-order valence-electron chi connectivity index (χ4n) is 11.2. The number of carbonyl (C=O) groups excluding carboxylic acids is 7. The second kappa shape index (κ2) is 26.9. The molecule has 7 aromatic carbocycles. The lowest BCUT2D eigenvalue weighted by Crippen LogP contribution is -2.55. The van der Waals surface area contributed by atoms with Crippen molar-refractivity contribution < 1.29 is 94.1 Å². The highest BCUT2D eigenvalue weighted by atomic mass is 32.2. The van der Waals surface area contributed by atoms with Crippen molar-refractivity contribution in [2.24, 2.45) is 0 Å². The molecule has 1 aromatic heterocycles. The third kappa shape index (κ3) is 15.1. The highest BCUT2D eigenvalue weighted by Crippen LogP contribution is 2.44. The van der Waals surface area contributed by atoms with Gasteiger partial charge in [-0.25, -0.2) is 4.79 Å². The minimum Gasteiger partial charge on any atom is -0.508 e. The van der Waals surface area contributed by atoms with Crippen LogP contribution in [0.5, 0.6) is 46.0 Å². The average Bonchev–Trinajstić information content (AvgIpc) is 1.76. The molecule has 30 heteroatoms. The number of hydrogen-bond donors (Lipinski definition) is 13. The summed E-state index contributed by atoms with van der Waals surface area (Å²) >= 11 is 0. The summed E-state index contributed by atoms with van der Waals surface area (Å²) in [5.74, 6) is -10.9. The van der Waals surface area contributed by atoms with Crippen molar-refractivity contribution in [2.75, 3.05) is 31.7 Å². The van der Waals surface area contributed by atoms with E-state index in [0.29, 0.717) is 27.6 Å². The minimum atomic E-state index is -4.64. The summed E-state index contributed by atoms with van der Waals surface area (Å²) in [6.45, 7) is -1.32. The monoisotopic (exact) mass is 1340 g/mol. The highest BCUT2D eigenvalue weighted by molar-refractivity contribution is 7.86. The lowest BCUT2D eigenvalue weighted by molar-refractivity contribution is -0.149. The number of aromatic amines is 1. The number of aromatic hydroxyl groups is 4. The van der Waals surface area contributed by atoms with Gasteiger partial charge in [-0.3, -0.25) is 37.9 Å². The maximum Gasteiger partial charge on any atom is 0.333 e. The number of benzene rings is 7. The van der Waals surface area contributed by atoms with Crippen molar-refractivity contribution in [3.05, 3.63) is 191 Å². The van der Waals surface area contributed by atoms with E-state index in [2.05, 4.69) is 36.9 Å². The van der Waals surface area contributed by atoms with E-state index in [0.717, 1.165) is 11.0 Å². The van der Waals surface area contributed by atoms with Gasteiger partial charge in [-0.2, -0.15) is 16.8 Å². The molecule has 15 bridgehead atoms. The van der Waals surface area contributed by atoms with Crippen molar-refractivity contribution in [1.29, 1.82) is 0 Å². The summed E-state index contributed by atoms with van der Waals surface area (Å²) in [5, 5.41) is 60.8. The number of nitrogens with one attached hydrogen (secondary N) is 7. The van der Waals surface area contributed by atoms with Crippen LogP contribution in [0, 0.1) is 0 Å². The highest BCUT2D eigenvalue weighted by Gasteiger charge is 2.40. The zero-order valence-corrected chi connectivity index (χ0v) is 51.5. The number of rotatable bonds is 12. The molecule has 6 aliphatic rings. The molecule has 1 unspecified atom stereocenters. The predicted octanol–water partition coefficient (Wildman–Crippen LogP) is 4.36. The Kier molecular flexibility index (Phi) is 18.5. The third-order valence-corrected chi connectivity index (χ3v) is 17.6. The molecule has 8 aromatic rings. The number of fused-ring (bicyclic) bond motifs is 14. The fraction of sp³-hybridized carbons (Fsp3) is 0.215. The Morgan fingerprint density at radius 3 is 1.87 bits per heavy atom. The number of amides is 6. The molecule has 0 saturated carbocycles. The lowest BCUT2D eigenvalue weighted by atomic mass is 9.94. The first-order valence-electron chi connectivity index (χ1n) is 29.2. The van der Waals surface area contributed by atoms with Crippen LogP contribution in [0.25, 0.3) is 22.0 Å². The molecule has 6 aliphatic heterocycles. The Morgan fingerprint density at radius 1 is 0.621 bits per heavy atom. The number of phenolic OH excluding ortho intramolecular Hbond substituents is 4. The van der Waals surface area contributed by atoms with E-state index in [4.69, 9.17) is 14.2 Å². The summed E-state index contributed by atoms with van der Waals surface area (Å²) < 4.78 is 83.6. The number of phenols is 4. The number of nitrogens with zero attached hydrogens (tertiary/aromatic N) is 1. The van der Waals surface area contributed by atoms with Gasteiger partial charge < -0.3 is 76.4 Å². The number of carbonyl (C=O) groups is 7. The number of esters is 1. The standard InChI is InChI=1S/C65H60N8O20S2/c1-73-49-26-33-2-16-43(17-3-33)93-52-31-39-27-46(58(52)77)37-10-20-45-40(32-67-47(45)28-37)29-48(68-61(80)53(66-22-24-94(85,86)87)34-4-12-41(74)13-5-34)59(78)69-54(35-6-14-42(75)15-7-35)62(81)70-55(39)63(82)71-56(64(73)83)36-8-18-44(19-9-36)92-51-30-38(11-21-50(51)76)57(72-60(49)79)65(84)91-23-25-95(88,89)90/h2-21,27-28,30-32,48-49,53-57,66-67,74-77H,22-26,29H2,1H3,(H,68,80)(H,69,78)(H,70,81)(H,71,82)(H,72,79)(H,85,86,87)(H,88,89,90)/t48-,49+,53?,54-,55-,56-,57-/m1/s1. The van der Waals surface area contributed by atoms with Crippen molar-refractivity contribution in [2.45, 2.75) is 55.1 Å². The van der Waals surface area contributed by atoms with Crippen LogP contribution in [0.2, 0.25) is 0 Å². The van der Waals surface area contributed by atoms with Crippen LogP contribution in [0.4, 0.5) is 0 Å². The number of ether oxygens (including phenoxy) is 3. The first kappa shape index (κ1) is 65.4. The van der Waals surface area contributed by atoms with Crippen LogP contribution in [-0.4, -0.2) is 141 Å². The largest absolute Gasteiger partial charge is 0.508 e. The maximum absolute atomic E-state index is 15.9. The van der Waals surface area contributed by atoms with E-state index in [9.17, 15) is 56.0 Å². The Balaban J connectivity index is 1.05. The first-order valence-corrected chi connectivity index (χ1v) is 32.5. The van der Waals surface area contributed by atoms with Crippen molar-refractivity contribution >= 4 is 72.6 Å². The van der Waals surface area contributed by atoms with Gasteiger partial charge in [0.1, 0.15) is 71.6 Å². The van der Waals surface area contributed by atoms with Crippen LogP contribution in [0.3, 0.4) is 0 Å². The van der Waals surface area contributed by atoms with Gasteiger partial charge in [0.15, 0.2) is 29.0 Å². The van der Waals surface area contributed by atoms with Crippen molar-refractivity contribution in [3.63, 3.8) is 0 Å². The van der Waals surface area contributed by atoms with Crippen LogP contribution in [-0.2, 0) is 71.4 Å². The summed E-state index contributed by atoms with van der Waals surface area (Å²) in [5.41, 5.74) is 1.78. The molecule has 0 radical (unpaired) electrons. The molecule has 13 N–H and O–H groups in total. The summed E-state index contributed by atoms with van der Waals surface area (Å²) in [7, 11) is -7.93. The van der Waals surface area contributed by atoms with Gasteiger partial charge in [0.05, 0.1) is 5.75 Å². The van der Waals surface area contributed by atoms with Crippen LogP contribution >= 0.6 is 0 Å². The molecule has 0 saturated heterocycles. The van der Waals surface area contributed by atoms with E-state index in [-0.39, 0.29) is 80.7 Å². The quantitative estimate of drug-likeness (QED) is 0.0597. The van der Waals surface area contributed by atoms with Gasteiger partial charge in [0.2, 0.25) is 35.4 Å². The molecule has 0 fully saturated rings. The van der Waals surface area contributed by atoms with Crippen molar-refractivity contribution in [3.8, 4) is 57.1 Å².